The van der Waals surface area contributed by atoms with E-state index in [0.717, 1.165) is 37.9 Å². The van der Waals surface area contributed by atoms with Gasteiger partial charge in [0.2, 0.25) is 0 Å². The maximum atomic E-state index is 12.4. The number of hydrogen-bond acceptors (Lipinski definition) is 1. The highest BCUT2D eigenvalue weighted by Crippen LogP contribution is 2.33. The van der Waals surface area contributed by atoms with Gasteiger partial charge in [0, 0.05) is 0 Å². The molecular weight excluding hydrogens is 239 g/mol. The van der Waals surface area contributed by atoms with Gasteiger partial charge in [-0.25, -0.2) is 0 Å². The second-order valence-electron chi connectivity index (χ2n) is 5.43. The van der Waals surface area contributed by atoms with E-state index in [1.54, 1.807) is 12.1 Å². The van der Waals surface area contributed by atoms with Gasteiger partial charge in [0.15, 0.2) is 0 Å². The Hall–Kier alpha value is -1.03. The monoisotopic (exact) mass is 257 g/mol. The minimum Gasteiger partial charge on any atom is -0.317 e. The third-order valence-corrected chi connectivity index (χ3v) is 3.72. The van der Waals surface area contributed by atoms with Gasteiger partial charge in [0.25, 0.3) is 0 Å². The molecule has 1 aromatic rings. The number of halogens is 3. The molecule has 0 aromatic heterocycles. The molecule has 100 valence electrons. The second-order valence-corrected chi connectivity index (χ2v) is 5.43. The van der Waals surface area contributed by atoms with Gasteiger partial charge >= 0.3 is 6.18 Å². The largest absolute Gasteiger partial charge is 0.416 e. The Morgan fingerprint density at radius 1 is 1.11 bits per heavy atom. The Morgan fingerprint density at radius 3 is 2.17 bits per heavy atom. The van der Waals surface area contributed by atoms with Crippen molar-refractivity contribution >= 4 is 0 Å². The SMILES string of the molecule is CC1(Cc2ccc(C(F)(F)F)cc2)CCNCC1. The average molecular weight is 257 g/mol. The Balaban J connectivity index is 2.06. The normalized spacial score (nSPS) is 19.8. The van der Waals surface area contributed by atoms with E-state index in [1.807, 2.05) is 0 Å². The van der Waals surface area contributed by atoms with Gasteiger partial charge in [-0.05, 0) is 55.5 Å². The standard InChI is InChI=1S/C14H18F3N/c1-13(6-8-18-9-7-13)10-11-2-4-12(5-3-11)14(15,16)17/h2-5,18H,6-10H2,1H3. The molecule has 0 spiro atoms. The smallest absolute Gasteiger partial charge is 0.317 e. The van der Waals surface area contributed by atoms with Crippen LogP contribution in [-0.4, -0.2) is 13.1 Å². The van der Waals surface area contributed by atoms with Crippen LogP contribution >= 0.6 is 0 Å². The number of nitrogens with one attached hydrogen (secondary N) is 1. The van der Waals surface area contributed by atoms with Gasteiger partial charge in [0.1, 0.15) is 0 Å². The van der Waals surface area contributed by atoms with Crippen molar-refractivity contribution in [2.24, 2.45) is 5.41 Å². The summed E-state index contributed by atoms with van der Waals surface area (Å²) in [5.74, 6) is 0. The van der Waals surface area contributed by atoms with E-state index in [4.69, 9.17) is 0 Å². The Morgan fingerprint density at radius 2 is 1.67 bits per heavy atom. The van der Waals surface area contributed by atoms with Crippen LogP contribution in [-0.2, 0) is 12.6 Å². The zero-order valence-electron chi connectivity index (χ0n) is 10.5. The summed E-state index contributed by atoms with van der Waals surface area (Å²) in [6.07, 6.45) is -1.23. The van der Waals surface area contributed by atoms with Crippen molar-refractivity contribution in [2.75, 3.05) is 13.1 Å². The van der Waals surface area contributed by atoms with E-state index in [1.165, 1.54) is 12.1 Å². The minimum atomic E-state index is -4.24. The first-order valence-electron chi connectivity index (χ1n) is 6.26. The average Bonchev–Trinajstić information content (AvgIpc) is 2.29. The molecule has 1 N–H and O–H groups in total. The predicted molar refractivity (Wildman–Crippen MR) is 65.4 cm³/mol. The fourth-order valence-electron chi connectivity index (χ4n) is 2.51. The molecule has 0 amide bonds. The predicted octanol–water partition coefficient (Wildman–Crippen LogP) is 3.64. The summed E-state index contributed by atoms with van der Waals surface area (Å²) >= 11 is 0. The molecule has 0 unspecified atom stereocenters. The van der Waals surface area contributed by atoms with Crippen molar-refractivity contribution in [3.05, 3.63) is 35.4 Å². The van der Waals surface area contributed by atoms with E-state index in [9.17, 15) is 13.2 Å². The summed E-state index contributed by atoms with van der Waals surface area (Å²) < 4.78 is 37.3. The highest BCUT2D eigenvalue weighted by molar-refractivity contribution is 5.25. The first-order valence-corrected chi connectivity index (χ1v) is 6.26. The van der Waals surface area contributed by atoms with Gasteiger partial charge in [-0.1, -0.05) is 19.1 Å². The molecule has 2 rings (SSSR count). The van der Waals surface area contributed by atoms with Crippen LogP contribution < -0.4 is 5.32 Å². The number of piperidine rings is 1. The molecule has 1 saturated heterocycles. The summed E-state index contributed by atoms with van der Waals surface area (Å²) in [5, 5.41) is 3.31. The molecular formula is C14H18F3N. The van der Waals surface area contributed by atoms with Gasteiger partial charge in [-0.3, -0.25) is 0 Å². The molecule has 0 aliphatic carbocycles. The quantitative estimate of drug-likeness (QED) is 0.853. The lowest BCUT2D eigenvalue weighted by atomic mass is 9.76. The molecule has 4 heteroatoms. The van der Waals surface area contributed by atoms with Crippen LogP contribution in [0, 0.1) is 5.41 Å². The summed E-state index contributed by atoms with van der Waals surface area (Å²) in [5.41, 5.74) is 0.638. The summed E-state index contributed by atoms with van der Waals surface area (Å²) in [6.45, 7) is 4.21. The summed E-state index contributed by atoms with van der Waals surface area (Å²) in [4.78, 5) is 0. The fourth-order valence-corrected chi connectivity index (χ4v) is 2.51. The first-order chi connectivity index (χ1) is 8.39. The van der Waals surface area contributed by atoms with E-state index in [0.29, 0.717) is 0 Å². The van der Waals surface area contributed by atoms with Crippen molar-refractivity contribution in [3.8, 4) is 0 Å². The van der Waals surface area contributed by atoms with Gasteiger partial charge in [-0.15, -0.1) is 0 Å². The van der Waals surface area contributed by atoms with E-state index < -0.39 is 11.7 Å². The lowest BCUT2D eigenvalue weighted by Crippen LogP contribution is -2.36. The maximum Gasteiger partial charge on any atom is 0.416 e. The van der Waals surface area contributed by atoms with Crippen molar-refractivity contribution in [3.63, 3.8) is 0 Å². The van der Waals surface area contributed by atoms with Crippen LogP contribution in [0.1, 0.15) is 30.9 Å². The zero-order chi connectivity index (χ0) is 13.2. The molecule has 1 nitrogen and oxygen atoms in total. The van der Waals surface area contributed by atoms with Crippen LogP contribution in [0.2, 0.25) is 0 Å². The fraction of sp³-hybridized carbons (Fsp3) is 0.571. The lowest BCUT2D eigenvalue weighted by molar-refractivity contribution is -0.137. The molecule has 0 saturated carbocycles. The first kappa shape index (κ1) is 13.4. The van der Waals surface area contributed by atoms with Crippen molar-refractivity contribution in [2.45, 2.75) is 32.4 Å². The minimum absolute atomic E-state index is 0.213. The molecule has 1 aliphatic heterocycles. The molecule has 1 aliphatic rings. The highest BCUT2D eigenvalue weighted by atomic mass is 19.4. The molecule has 1 heterocycles. The molecule has 18 heavy (non-hydrogen) atoms. The Kier molecular flexibility index (Phi) is 3.66. The molecule has 0 radical (unpaired) electrons. The van der Waals surface area contributed by atoms with E-state index >= 15 is 0 Å². The van der Waals surface area contributed by atoms with Gasteiger partial charge < -0.3 is 5.32 Å². The second kappa shape index (κ2) is 4.92. The van der Waals surface area contributed by atoms with E-state index in [2.05, 4.69) is 12.2 Å². The number of hydrogen-bond donors (Lipinski definition) is 1. The molecule has 1 aromatic carbocycles. The third kappa shape index (κ3) is 3.25. The number of rotatable bonds is 2. The van der Waals surface area contributed by atoms with E-state index in [-0.39, 0.29) is 5.41 Å². The van der Waals surface area contributed by atoms with Crippen LogP contribution in [0.4, 0.5) is 13.2 Å². The Bertz CT molecular complexity index is 388. The molecule has 1 fully saturated rings. The van der Waals surface area contributed by atoms with Gasteiger partial charge in [0.05, 0.1) is 5.56 Å². The summed E-state index contributed by atoms with van der Waals surface area (Å²) in [6, 6.07) is 5.58. The maximum absolute atomic E-state index is 12.4. The van der Waals surface area contributed by atoms with Crippen LogP contribution in [0.25, 0.3) is 0 Å². The topological polar surface area (TPSA) is 12.0 Å². The third-order valence-electron chi connectivity index (χ3n) is 3.72. The van der Waals surface area contributed by atoms with Crippen molar-refractivity contribution in [1.29, 1.82) is 0 Å². The molecule has 0 bridgehead atoms. The lowest BCUT2D eigenvalue weighted by Gasteiger charge is -2.34. The van der Waals surface area contributed by atoms with Gasteiger partial charge in [-0.2, -0.15) is 13.2 Å². The summed E-state index contributed by atoms with van der Waals surface area (Å²) in [7, 11) is 0. The van der Waals surface area contributed by atoms with Crippen LogP contribution in [0.3, 0.4) is 0 Å². The zero-order valence-corrected chi connectivity index (χ0v) is 10.5. The highest BCUT2D eigenvalue weighted by Gasteiger charge is 2.31. The Labute approximate surface area is 105 Å². The number of alkyl halides is 3. The van der Waals surface area contributed by atoms with Crippen molar-refractivity contribution < 1.29 is 13.2 Å². The van der Waals surface area contributed by atoms with Crippen LogP contribution in [0.5, 0.6) is 0 Å². The van der Waals surface area contributed by atoms with Crippen LogP contribution in [0.15, 0.2) is 24.3 Å². The molecule has 0 atom stereocenters. The van der Waals surface area contributed by atoms with Crippen molar-refractivity contribution in [1.82, 2.24) is 5.32 Å². The number of benzene rings is 1.